The lowest BCUT2D eigenvalue weighted by Crippen LogP contribution is -2.12. The number of hydrogen-bond acceptors (Lipinski definition) is 3. The van der Waals surface area contributed by atoms with Crippen molar-refractivity contribution in [1.29, 1.82) is 0 Å². The van der Waals surface area contributed by atoms with Gasteiger partial charge in [0, 0.05) is 18.3 Å². The summed E-state index contributed by atoms with van der Waals surface area (Å²) in [6.07, 6.45) is 1.67. The first-order chi connectivity index (χ1) is 8.79. The fourth-order valence-corrected chi connectivity index (χ4v) is 2.26. The zero-order valence-corrected chi connectivity index (χ0v) is 9.68. The second kappa shape index (κ2) is 4.23. The standard InChI is InChI=1S/C14H12N2O2/c17-8-10-6-9(4-5-15-10)11-2-1-3-12-13(11)7-16-14(12)18/h1-6,17H,7-8H2,(H,16,18). The van der Waals surface area contributed by atoms with Gasteiger partial charge >= 0.3 is 0 Å². The summed E-state index contributed by atoms with van der Waals surface area (Å²) in [5.74, 6) is -0.0247. The molecule has 1 amide bonds. The molecular weight excluding hydrogens is 228 g/mol. The lowest BCUT2D eigenvalue weighted by atomic mass is 9.97. The quantitative estimate of drug-likeness (QED) is 0.835. The van der Waals surface area contributed by atoms with Crippen LogP contribution in [-0.4, -0.2) is 16.0 Å². The van der Waals surface area contributed by atoms with Gasteiger partial charge in [-0.15, -0.1) is 0 Å². The van der Waals surface area contributed by atoms with E-state index in [0.717, 1.165) is 22.3 Å². The first-order valence-electron chi connectivity index (χ1n) is 5.76. The zero-order chi connectivity index (χ0) is 12.5. The van der Waals surface area contributed by atoms with E-state index in [4.69, 9.17) is 5.11 Å². The van der Waals surface area contributed by atoms with Crippen LogP contribution < -0.4 is 5.32 Å². The molecular formula is C14H12N2O2. The van der Waals surface area contributed by atoms with Crippen LogP contribution in [0.25, 0.3) is 11.1 Å². The first-order valence-corrected chi connectivity index (χ1v) is 5.76. The number of fused-ring (bicyclic) bond motifs is 1. The maximum atomic E-state index is 11.6. The van der Waals surface area contributed by atoms with Crippen LogP contribution in [-0.2, 0) is 13.2 Å². The second-order valence-corrected chi connectivity index (χ2v) is 4.21. The third kappa shape index (κ3) is 1.67. The average molecular weight is 240 g/mol. The van der Waals surface area contributed by atoms with Crippen molar-refractivity contribution in [2.45, 2.75) is 13.2 Å². The van der Waals surface area contributed by atoms with Crippen molar-refractivity contribution in [3.63, 3.8) is 0 Å². The van der Waals surface area contributed by atoms with Crippen molar-refractivity contribution in [2.24, 2.45) is 0 Å². The Labute approximate surface area is 104 Å². The molecule has 1 aromatic carbocycles. The van der Waals surface area contributed by atoms with Crippen LogP contribution in [0.5, 0.6) is 0 Å². The fourth-order valence-electron chi connectivity index (χ4n) is 2.26. The van der Waals surface area contributed by atoms with Crippen LogP contribution >= 0.6 is 0 Å². The fraction of sp³-hybridized carbons (Fsp3) is 0.143. The van der Waals surface area contributed by atoms with Crippen LogP contribution in [0.2, 0.25) is 0 Å². The van der Waals surface area contributed by atoms with Crippen molar-refractivity contribution in [3.8, 4) is 11.1 Å². The Morgan fingerprint density at radius 2 is 2.11 bits per heavy atom. The zero-order valence-electron chi connectivity index (χ0n) is 9.68. The van der Waals surface area contributed by atoms with Crippen molar-refractivity contribution >= 4 is 5.91 Å². The molecule has 1 aromatic heterocycles. The van der Waals surface area contributed by atoms with E-state index in [1.165, 1.54) is 0 Å². The number of benzene rings is 1. The predicted octanol–water partition coefficient (Wildman–Crippen LogP) is 1.48. The van der Waals surface area contributed by atoms with Crippen molar-refractivity contribution in [2.75, 3.05) is 0 Å². The molecule has 4 heteroatoms. The van der Waals surface area contributed by atoms with Gasteiger partial charge < -0.3 is 10.4 Å². The van der Waals surface area contributed by atoms with Gasteiger partial charge in [0.15, 0.2) is 0 Å². The summed E-state index contributed by atoms with van der Waals surface area (Å²) in [5.41, 5.74) is 4.36. The number of carbonyl (C=O) groups excluding carboxylic acids is 1. The normalized spacial score (nSPS) is 13.3. The number of amides is 1. The lowest BCUT2D eigenvalue weighted by molar-refractivity contribution is 0.0966. The number of aliphatic hydroxyl groups is 1. The van der Waals surface area contributed by atoms with Crippen molar-refractivity contribution in [1.82, 2.24) is 10.3 Å². The number of rotatable bonds is 2. The smallest absolute Gasteiger partial charge is 0.251 e. The monoisotopic (exact) mass is 240 g/mol. The molecule has 3 rings (SSSR count). The molecule has 4 nitrogen and oxygen atoms in total. The van der Waals surface area contributed by atoms with Gasteiger partial charge in [0.2, 0.25) is 0 Å². The summed E-state index contributed by atoms with van der Waals surface area (Å²) in [6.45, 7) is 0.473. The van der Waals surface area contributed by atoms with E-state index < -0.39 is 0 Å². The Balaban J connectivity index is 2.15. The highest BCUT2D eigenvalue weighted by Crippen LogP contribution is 2.29. The Morgan fingerprint density at radius 1 is 1.28 bits per heavy atom. The molecule has 0 saturated heterocycles. The Morgan fingerprint density at radius 3 is 2.94 bits per heavy atom. The first kappa shape index (κ1) is 10.9. The minimum Gasteiger partial charge on any atom is -0.390 e. The van der Waals surface area contributed by atoms with Crippen LogP contribution in [0.1, 0.15) is 21.6 Å². The van der Waals surface area contributed by atoms with Gasteiger partial charge in [0.25, 0.3) is 5.91 Å². The molecule has 0 saturated carbocycles. The number of nitrogens with one attached hydrogen (secondary N) is 1. The molecule has 0 spiro atoms. The summed E-state index contributed by atoms with van der Waals surface area (Å²) >= 11 is 0. The van der Waals surface area contributed by atoms with Crippen LogP contribution in [0.3, 0.4) is 0 Å². The van der Waals surface area contributed by atoms with Gasteiger partial charge in [-0.3, -0.25) is 9.78 Å². The summed E-state index contributed by atoms with van der Waals surface area (Å²) in [5, 5.41) is 11.9. The van der Waals surface area contributed by atoms with Gasteiger partial charge in [-0.2, -0.15) is 0 Å². The Bertz CT molecular complexity index is 623. The molecule has 1 aliphatic rings. The summed E-state index contributed by atoms with van der Waals surface area (Å²) in [6, 6.07) is 9.42. The molecule has 0 aliphatic carbocycles. The molecule has 2 heterocycles. The lowest BCUT2D eigenvalue weighted by Gasteiger charge is -2.07. The largest absolute Gasteiger partial charge is 0.390 e. The maximum absolute atomic E-state index is 11.6. The molecule has 2 aromatic rings. The molecule has 0 unspecified atom stereocenters. The Hall–Kier alpha value is -2.20. The number of nitrogens with zero attached hydrogens (tertiary/aromatic N) is 1. The van der Waals surface area contributed by atoms with Crippen molar-refractivity contribution in [3.05, 3.63) is 53.3 Å². The number of carbonyl (C=O) groups is 1. The molecule has 0 bridgehead atoms. The summed E-state index contributed by atoms with van der Waals surface area (Å²) in [7, 11) is 0. The highest BCUT2D eigenvalue weighted by molar-refractivity contribution is 6.00. The van der Waals surface area contributed by atoms with Crippen molar-refractivity contribution < 1.29 is 9.90 Å². The summed E-state index contributed by atoms with van der Waals surface area (Å²) < 4.78 is 0. The van der Waals surface area contributed by atoms with Gasteiger partial charge in [-0.1, -0.05) is 12.1 Å². The highest BCUT2D eigenvalue weighted by atomic mass is 16.3. The van der Waals surface area contributed by atoms with Gasteiger partial charge in [-0.05, 0) is 34.9 Å². The van der Waals surface area contributed by atoms with E-state index in [0.29, 0.717) is 12.2 Å². The van der Waals surface area contributed by atoms with Gasteiger partial charge in [0.1, 0.15) is 0 Å². The van der Waals surface area contributed by atoms with Gasteiger partial charge in [0.05, 0.1) is 12.3 Å². The topological polar surface area (TPSA) is 62.2 Å². The van der Waals surface area contributed by atoms with Gasteiger partial charge in [-0.25, -0.2) is 0 Å². The SMILES string of the molecule is O=C1NCc2c1cccc2-c1ccnc(CO)c1. The van der Waals surface area contributed by atoms with E-state index in [9.17, 15) is 4.79 Å². The number of pyridine rings is 1. The maximum Gasteiger partial charge on any atom is 0.251 e. The van der Waals surface area contributed by atoms with E-state index in [1.807, 2.05) is 30.3 Å². The molecule has 18 heavy (non-hydrogen) atoms. The Kier molecular flexibility index (Phi) is 2.57. The second-order valence-electron chi connectivity index (χ2n) is 4.21. The predicted molar refractivity (Wildman–Crippen MR) is 66.8 cm³/mol. The van der Waals surface area contributed by atoms with Crippen LogP contribution in [0.15, 0.2) is 36.5 Å². The minimum atomic E-state index is -0.0833. The number of aliphatic hydroxyl groups excluding tert-OH is 1. The molecule has 90 valence electrons. The van der Waals surface area contributed by atoms with E-state index >= 15 is 0 Å². The third-order valence-corrected chi connectivity index (χ3v) is 3.14. The van der Waals surface area contributed by atoms with Crippen LogP contribution in [0.4, 0.5) is 0 Å². The third-order valence-electron chi connectivity index (χ3n) is 3.14. The molecule has 0 radical (unpaired) electrons. The minimum absolute atomic E-state index is 0.0247. The van der Waals surface area contributed by atoms with E-state index in [2.05, 4.69) is 10.3 Å². The van der Waals surface area contributed by atoms with E-state index in [-0.39, 0.29) is 12.5 Å². The highest BCUT2D eigenvalue weighted by Gasteiger charge is 2.21. The van der Waals surface area contributed by atoms with Crippen LogP contribution in [0, 0.1) is 0 Å². The average Bonchev–Trinajstić information content (AvgIpc) is 2.81. The molecule has 0 fully saturated rings. The molecule has 2 N–H and O–H groups in total. The van der Waals surface area contributed by atoms with E-state index in [1.54, 1.807) is 6.20 Å². The number of aromatic nitrogens is 1. The summed E-state index contributed by atoms with van der Waals surface area (Å²) in [4.78, 5) is 15.7. The molecule has 1 aliphatic heterocycles. The number of hydrogen-bond donors (Lipinski definition) is 2. The molecule has 0 atom stereocenters.